The molecule has 0 fully saturated rings. The molecular weight excluding hydrogens is 334 g/mol. The molecular formula is C24H25NO2. The fourth-order valence-corrected chi connectivity index (χ4v) is 2.99. The van der Waals surface area contributed by atoms with Crippen LogP contribution in [0.15, 0.2) is 78.9 Å². The van der Waals surface area contributed by atoms with Crippen LogP contribution in [0.4, 0.5) is 0 Å². The average Bonchev–Trinajstić information content (AvgIpc) is 2.72. The summed E-state index contributed by atoms with van der Waals surface area (Å²) < 4.78 is 5.35. The van der Waals surface area contributed by atoms with E-state index in [0.717, 1.165) is 30.6 Å². The molecule has 3 aromatic carbocycles. The van der Waals surface area contributed by atoms with Crippen LogP contribution < -0.4 is 0 Å². The average molecular weight is 359 g/mol. The highest BCUT2D eigenvalue weighted by molar-refractivity contribution is 5.89. The summed E-state index contributed by atoms with van der Waals surface area (Å²) in [4.78, 5) is 14.2. The minimum Gasteiger partial charge on any atom is -0.461 e. The monoisotopic (exact) mass is 359 g/mol. The number of hydrogen-bond acceptors (Lipinski definition) is 3. The largest absolute Gasteiger partial charge is 0.461 e. The minimum atomic E-state index is -0.307. The van der Waals surface area contributed by atoms with Crippen molar-refractivity contribution in [1.82, 2.24) is 4.90 Å². The Morgan fingerprint density at radius 1 is 0.963 bits per heavy atom. The van der Waals surface area contributed by atoms with Crippen LogP contribution in [-0.4, -0.2) is 30.6 Å². The molecule has 0 saturated carbocycles. The Morgan fingerprint density at radius 2 is 1.70 bits per heavy atom. The summed E-state index contributed by atoms with van der Waals surface area (Å²) in [5.74, 6) is -0.307. The highest BCUT2D eigenvalue weighted by atomic mass is 16.5. The van der Waals surface area contributed by atoms with Gasteiger partial charge >= 0.3 is 5.97 Å². The maximum Gasteiger partial charge on any atom is 0.330 e. The molecule has 0 radical (unpaired) electrons. The number of esters is 1. The van der Waals surface area contributed by atoms with Crippen LogP contribution in [0, 0.1) is 0 Å². The Morgan fingerprint density at radius 3 is 2.48 bits per heavy atom. The van der Waals surface area contributed by atoms with Gasteiger partial charge in [0.25, 0.3) is 0 Å². The first kappa shape index (κ1) is 18.9. The molecule has 27 heavy (non-hydrogen) atoms. The van der Waals surface area contributed by atoms with Gasteiger partial charge in [0.05, 0.1) is 0 Å². The van der Waals surface area contributed by atoms with Gasteiger partial charge < -0.3 is 4.74 Å². The quantitative estimate of drug-likeness (QED) is 0.422. The van der Waals surface area contributed by atoms with Gasteiger partial charge in [-0.25, -0.2) is 4.79 Å². The van der Waals surface area contributed by atoms with E-state index in [1.54, 1.807) is 6.08 Å². The number of carbonyl (C=O) groups is 1. The van der Waals surface area contributed by atoms with Crippen LogP contribution in [-0.2, 0) is 16.1 Å². The number of likely N-dealkylation sites (N-methyl/N-ethyl adjacent to an activating group) is 1. The number of rotatable bonds is 8. The van der Waals surface area contributed by atoms with E-state index >= 15 is 0 Å². The molecule has 138 valence electrons. The van der Waals surface area contributed by atoms with Gasteiger partial charge in [-0.1, -0.05) is 73.7 Å². The number of nitrogens with zero attached hydrogens (tertiary/aromatic N) is 1. The predicted octanol–water partition coefficient (Wildman–Crippen LogP) is 4.92. The van der Waals surface area contributed by atoms with Crippen molar-refractivity contribution in [3.63, 3.8) is 0 Å². The van der Waals surface area contributed by atoms with Crippen molar-refractivity contribution in [3.8, 4) is 0 Å². The molecule has 0 aliphatic rings. The molecule has 0 heterocycles. The maximum atomic E-state index is 12.0. The lowest BCUT2D eigenvalue weighted by atomic mass is 10.1. The van der Waals surface area contributed by atoms with E-state index in [1.165, 1.54) is 17.0 Å². The fraction of sp³-hybridized carbons (Fsp3) is 0.208. The molecule has 0 bridgehead atoms. The van der Waals surface area contributed by atoms with Crippen LogP contribution in [0.25, 0.3) is 16.8 Å². The Hall–Kier alpha value is -2.91. The zero-order valence-corrected chi connectivity index (χ0v) is 15.7. The Bertz CT molecular complexity index is 902. The molecule has 0 aromatic heterocycles. The summed E-state index contributed by atoms with van der Waals surface area (Å²) in [5, 5.41) is 2.35. The van der Waals surface area contributed by atoms with E-state index in [0.29, 0.717) is 6.61 Å². The SMILES string of the molecule is CCN(CCOC(=O)C=Cc1ccc2ccccc2c1)Cc1ccccc1. The van der Waals surface area contributed by atoms with Crippen molar-refractivity contribution in [2.45, 2.75) is 13.5 Å². The van der Waals surface area contributed by atoms with Gasteiger partial charge in [-0.15, -0.1) is 0 Å². The van der Waals surface area contributed by atoms with E-state index in [4.69, 9.17) is 4.74 Å². The number of benzene rings is 3. The van der Waals surface area contributed by atoms with E-state index in [-0.39, 0.29) is 5.97 Å². The van der Waals surface area contributed by atoms with Crippen molar-refractivity contribution in [2.24, 2.45) is 0 Å². The third kappa shape index (κ3) is 5.80. The first-order valence-corrected chi connectivity index (χ1v) is 9.34. The van der Waals surface area contributed by atoms with Crippen LogP contribution in [0.5, 0.6) is 0 Å². The van der Waals surface area contributed by atoms with Gasteiger partial charge in [0.2, 0.25) is 0 Å². The smallest absolute Gasteiger partial charge is 0.330 e. The highest BCUT2D eigenvalue weighted by Gasteiger charge is 2.05. The zero-order valence-electron chi connectivity index (χ0n) is 15.7. The highest BCUT2D eigenvalue weighted by Crippen LogP contribution is 2.16. The van der Waals surface area contributed by atoms with Crippen LogP contribution in [0.1, 0.15) is 18.1 Å². The molecule has 0 unspecified atom stereocenters. The van der Waals surface area contributed by atoms with Gasteiger partial charge in [0.1, 0.15) is 6.61 Å². The molecule has 3 rings (SSSR count). The summed E-state index contributed by atoms with van der Waals surface area (Å²) in [5.41, 5.74) is 2.26. The normalized spacial score (nSPS) is 11.3. The summed E-state index contributed by atoms with van der Waals surface area (Å²) in [6.45, 7) is 5.01. The van der Waals surface area contributed by atoms with Crippen molar-refractivity contribution in [3.05, 3.63) is 90.0 Å². The molecule has 0 amide bonds. The number of carbonyl (C=O) groups excluding carboxylic acids is 1. The first-order chi connectivity index (χ1) is 13.2. The van der Waals surface area contributed by atoms with Crippen molar-refractivity contribution < 1.29 is 9.53 Å². The van der Waals surface area contributed by atoms with E-state index < -0.39 is 0 Å². The third-order valence-electron chi connectivity index (χ3n) is 4.53. The second-order valence-corrected chi connectivity index (χ2v) is 6.46. The number of hydrogen-bond donors (Lipinski definition) is 0. The lowest BCUT2D eigenvalue weighted by molar-refractivity contribution is -0.138. The molecule has 0 aliphatic carbocycles. The molecule has 3 nitrogen and oxygen atoms in total. The van der Waals surface area contributed by atoms with Gasteiger partial charge in [-0.3, -0.25) is 4.90 Å². The molecule has 0 aliphatic heterocycles. The van der Waals surface area contributed by atoms with Crippen LogP contribution in [0.3, 0.4) is 0 Å². The summed E-state index contributed by atoms with van der Waals surface area (Å²) in [6.07, 6.45) is 3.30. The lowest BCUT2D eigenvalue weighted by Gasteiger charge is -2.20. The van der Waals surface area contributed by atoms with Crippen molar-refractivity contribution in [2.75, 3.05) is 19.7 Å². The second kappa shape index (κ2) is 9.70. The van der Waals surface area contributed by atoms with Gasteiger partial charge in [-0.2, -0.15) is 0 Å². The minimum absolute atomic E-state index is 0.307. The standard InChI is InChI=1S/C24H25NO2/c1-2-25(19-21-8-4-3-5-9-21)16-17-27-24(26)15-13-20-12-14-22-10-6-7-11-23(22)18-20/h3-15,18H,2,16-17,19H2,1H3. The molecule has 3 heteroatoms. The molecule has 0 N–H and O–H groups in total. The molecule has 0 atom stereocenters. The zero-order chi connectivity index (χ0) is 18.9. The molecule has 0 saturated heterocycles. The fourth-order valence-electron chi connectivity index (χ4n) is 2.99. The maximum absolute atomic E-state index is 12.0. The summed E-state index contributed by atoms with van der Waals surface area (Å²) >= 11 is 0. The molecule has 0 spiro atoms. The van der Waals surface area contributed by atoms with Gasteiger partial charge in [-0.05, 0) is 40.6 Å². The van der Waals surface area contributed by atoms with E-state index in [9.17, 15) is 4.79 Å². The number of ether oxygens (including phenoxy) is 1. The second-order valence-electron chi connectivity index (χ2n) is 6.46. The Kier molecular flexibility index (Phi) is 6.78. The topological polar surface area (TPSA) is 29.5 Å². The van der Waals surface area contributed by atoms with E-state index in [1.807, 2.05) is 36.4 Å². The van der Waals surface area contributed by atoms with Gasteiger partial charge in [0, 0.05) is 19.2 Å². The van der Waals surface area contributed by atoms with Gasteiger partial charge in [0.15, 0.2) is 0 Å². The number of fused-ring (bicyclic) bond motifs is 1. The van der Waals surface area contributed by atoms with Crippen LogP contribution in [0.2, 0.25) is 0 Å². The summed E-state index contributed by atoms with van der Waals surface area (Å²) in [6, 6.07) is 24.6. The Labute approximate surface area is 160 Å². The first-order valence-electron chi connectivity index (χ1n) is 9.34. The van der Waals surface area contributed by atoms with Crippen LogP contribution >= 0.6 is 0 Å². The van der Waals surface area contributed by atoms with E-state index in [2.05, 4.69) is 48.2 Å². The summed E-state index contributed by atoms with van der Waals surface area (Å²) in [7, 11) is 0. The third-order valence-corrected chi connectivity index (χ3v) is 4.53. The predicted molar refractivity (Wildman–Crippen MR) is 111 cm³/mol. The molecule has 3 aromatic rings. The lowest BCUT2D eigenvalue weighted by Crippen LogP contribution is -2.27. The Balaban J connectivity index is 1.47. The van der Waals surface area contributed by atoms with Crippen molar-refractivity contribution in [1.29, 1.82) is 0 Å². The van der Waals surface area contributed by atoms with Crippen molar-refractivity contribution >= 4 is 22.8 Å².